The number of benzene rings is 1. The molecule has 7 heteroatoms. The van der Waals surface area contributed by atoms with Gasteiger partial charge in [0.1, 0.15) is 5.51 Å². The summed E-state index contributed by atoms with van der Waals surface area (Å²) in [5.41, 5.74) is 5.18. The average Bonchev–Trinajstić information content (AvgIpc) is 3.15. The van der Waals surface area contributed by atoms with E-state index >= 15 is 0 Å². The van der Waals surface area contributed by atoms with Crippen LogP contribution < -0.4 is 5.32 Å². The molecule has 0 spiro atoms. The highest BCUT2D eigenvalue weighted by atomic mass is 32.1. The maximum atomic E-state index is 12.4. The molecule has 1 aliphatic rings. The second-order valence-corrected chi connectivity index (χ2v) is 6.19. The van der Waals surface area contributed by atoms with Crippen LogP contribution in [-0.4, -0.2) is 32.7 Å². The molecule has 4 rings (SSSR count). The Labute approximate surface area is 131 Å². The molecule has 0 aliphatic carbocycles. The second kappa shape index (κ2) is 5.10. The smallest absolute Gasteiger partial charge is 0.324 e. The lowest BCUT2D eigenvalue weighted by Crippen LogP contribution is -2.41. The van der Waals surface area contributed by atoms with Crippen LogP contribution >= 0.6 is 11.3 Å². The van der Waals surface area contributed by atoms with E-state index in [2.05, 4.69) is 38.7 Å². The first-order valence-electron chi connectivity index (χ1n) is 7.17. The van der Waals surface area contributed by atoms with E-state index in [9.17, 15) is 4.79 Å². The van der Waals surface area contributed by atoms with E-state index in [-0.39, 0.29) is 12.1 Å². The van der Waals surface area contributed by atoms with E-state index in [4.69, 9.17) is 0 Å². The minimum Gasteiger partial charge on any atom is -0.356 e. The molecule has 0 saturated heterocycles. The number of aromatic amines is 1. The number of nitrogens with one attached hydrogen (secondary N) is 2. The number of hydrogen-bond acceptors (Lipinski definition) is 4. The van der Waals surface area contributed by atoms with Crippen LogP contribution in [0.5, 0.6) is 0 Å². The summed E-state index contributed by atoms with van der Waals surface area (Å²) in [7, 11) is 0. The first-order valence-corrected chi connectivity index (χ1v) is 8.05. The van der Waals surface area contributed by atoms with Gasteiger partial charge in [-0.3, -0.25) is 5.32 Å². The Hall–Kier alpha value is -2.41. The predicted molar refractivity (Wildman–Crippen MR) is 86.1 cm³/mol. The van der Waals surface area contributed by atoms with Crippen LogP contribution in [0, 0.1) is 0 Å². The van der Waals surface area contributed by atoms with Crippen molar-refractivity contribution < 1.29 is 4.79 Å². The fourth-order valence-corrected chi connectivity index (χ4v) is 3.53. The fraction of sp³-hybridized carbons (Fsp3) is 0.267. The molecular formula is C15H15N5OS. The first-order chi connectivity index (χ1) is 10.7. The van der Waals surface area contributed by atoms with Crippen LogP contribution in [-0.2, 0) is 6.42 Å². The minimum absolute atomic E-state index is 0.00377. The Balaban J connectivity index is 1.64. The number of fused-ring (bicyclic) bond motifs is 3. The SMILES string of the molecule is CC1c2[nH]c3ccccc3c2CCN1C(=O)Nc1nncs1. The zero-order valence-corrected chi connectivity index (χ0v) is 12.9. The van der Waals surface area contributed by atoms with Crippen LogP contribution in [0.1, 0.15) is 24.2 Å². The molecule has 0 saturated carbocycles. The summed E-state index contributed by atoms with van der Waals surface area (Å²) >= 11 is 1.32. The van der Waals surface area contributed by atoms with E-state index in [1.807, 2.05) is 17.9 Å². The van der Waals surface area contributed by atoms with E-state index < -0.39 is 0 Å². The molecular weight excluding hydrogens is 298 g/mol. The zero-order chi connectivity index (χ0) is 15.1. The Morgan fingerprint density at radius 2 is 2.32 bits per heavy atom. The van der Waals surface area contributed by atoms with Gasteiger partial charge >= 0.3 is 6.03 Å². The third kappa shape index (κ3) is 2.05. The van der Waals surface area contributed by atoms with Gasteiger partial charge in [-0.05, 0) is 25.0 Å². The van der Waals surface area contributed by atoms with Gasteiger partial charge in [-0.2, -0.15) is 0 Å². The van der Waals surface area contributed by atoms with Crippen molar-refractivity contribution in [1.82, 2.24) is 20.1 Å². The third-order valence-electron chi connectivity index (χ3n) is 4.17. The fourth-order valence-electron chi connectivity index (χ4n) is 3.10. The van der Waals surface area contributed by atoms with Crippen molar-refractivity contribution in [2.45, 2.75) is 19.4 Å². The average molecular weight is 313 g/mol. The lowest BCUT2D eigenvalue weighted by atomic mass is 9.99. The number of carbonyl (C=O) groups is 1. The van der Waals surface area contributed by atoms with Crippen LogP contribution in [0.2, 0.25) is 0 Å². The Kier molecular flexibility index (Phi) is 3.07. The monoisotopic (exact) mass is 313 g/mol. The van der Waals surface area contributed by atoms with Gasteiger partial charge in [0.05, 0.1) is 6.04 Å². The summed E-state index contributed by atoms with van der Waals surface area (Å²) in [5, 5.41) is 12.2. The number of rotatable bonds is 1. The number of urea groups is 1. The summed E-state index contributed by atoms with van der Waals surface area (Å²) in [6.07, 6.45) is 0.854. The number of H-pyrrole nitrogens is 1. The molecule has 3 aromatic rings. The Bertz CT molecular complexity index is 826. The number of hydrogen-bond donors (Lipinski definition) is 2. The van der Waals surface area contributed by atoms with Crippen LogP contribution in [0.4, 0.5) is 9.93 Å². The largest absolute Gasteiger partial charge is 0.356 e. The summed E-state index contributed by atoms with van der Waals surface area (Å²) in [6.45, 7) is 2.74. The number of nitrogens with zero attached hydrogens (tertiary/aromatic N) is 3. The highest BCUT2D eigenvalue weighted by Gasteiger charge is 2.30. The molecule has 2 aromatic heterocycles. The van der Waals surface area contributed by atoms with Gasteiger partial charge in [0.15, 0.2) is 0 Å². The maximum Gasteiger partial charge on any atom is 0.324 e. The van der Waals surface area contributed by atoms with E-state index in [0.29, 0.717) is 11.7 Å². The van der Waals surface area contributed by atoms with Crippen molar-refractivity contribution in [2.24, 2.45) is 0 Å². The normalized spacial score (nSPS) is 17.5. The Morgan fingerprint density at radius 3 is 3.14 bits per heavy atom. The summed E-state index contributed by atoms with van der Waals surface area (Å²) in [4.78, 5) is 17.7. The molecule has 3 heterocycles. The van der Waals surface area contributed by atoms with Crippen molar-refractivity contribution in [2.75, 3.05) is 11.9 Å². The summed E-state index contributed by atoms with van der Waals surface area (Å²) in [5.74, 6) is 0. The van der Waals surface area contributed by atoms with E-state index in [0.717, 1.165) is 17.6 Å². The molecule has 1 aromatic carbocycles. The van der Waals surface area contributed by atoms with Gasteiger partial charge in [0.25, 0.3) is 0 Å². The van der Waals surface area contributed by atoms with Gasteiger partial charge < -0.3 is 9.88 Å². The molecule has 2 N–H and O–H groups in total. The van der Waals surface area contributed by atoms with E-state index in [1.54, 1.807) is 5.51 Å². The molecule has 0 radical (unpaired) electrons. The van der Waals surface area contributed by atoms with Crippen molar-refractivity contribution in [3.8, 4) is 0 Å². The van der Waals surface area contributed by atoms with Crippen LogP contribution in [0.15, 0.2) is 29.8 Å². The molecule has 2 amide bonds. The molecule has 0 fully saturated rings. The van der Waals surface area contributed by atoms with E-state index in [1.165, 1.54) is 22.3 Å². The standard InChI is InChI=1S/C15H15N5OS/c1-9-13-11(10-4-2-3-5-12(10)17-13)6-7-20(9)15(21)18-14-19-16-8-22-14/h2-5,8-9,17H,6-7H2,1H3,(H,18,19,21). The number of anilines is 1. The van der Waals surface area contributed by atoms with Gasteiger partial charge in [0, 0.05) is 23.1 Å². The van der Waals surface area contributed by atoms with Crippen molar-refractivity contribution in [3.05, 3.63) is 41.0 Å². The highest BCUT2D eigenvalue weighted by Crippen LogP contribution is 2.34. The molecule has 22 heavy (non-hydrogen) atoms. The van der Waals surface area contributed by atoms with Gasteiger partial charge in [-0.1, -0.05) is 29.5 Å². The topological polar surface area (TPSA) is 73.9 Å². The molecule has 1 unspecified atom stereocenters. The minimum atomic E-state index is -0.131. The predicted octanol–water partition coefficient (Wildman–Crippen LogP) is 3.17. The highest BCUT2D eigenvalue weighted by molar-refractivity contribution is 7.13. The van der Waals surface area contributed by atoms with Gasteiger partial charge in [-0.15, -0.1) is 10.2 Å². The third-order valence-corrected chi connectivity index (χ3v) is 4.78. The molecule has 6 nitrogen and oxygen atoms in total. The van der Waals surface area contributed by atoms with Crippen molar-refractivity contribution >= 4 is 33.4 Å². The molecule has 112 valence electrons. The number of amides is 2. The molecule has 1 aliphatic heterocycles. The van der Waals surface area contributed by atoms with Crippen LogP contribution in [0.3, 0.4) is 0 Å². The number of carbonyl (C=O) groups excluding carboxylic acids is 1. The number of aromatic nitrogens is 3. The summed E-state index contributed by atoms with van der Waals surface area (Å²) in [6, 6.07) is 8.16. The van der Waals surface area contributed by atoms with Crippen molar-refractivity contribution in [1.29, 1.82) is 0 Å². The van der Waals surface area contributed by atoms with Gasteiger partial charge in [-0.25, -0.2) is 4.79 Å². The van der Waals surface area contributed by atoms with Gasteiger partial charge in [0.2, 0.25) is 5.13 Å². The lowest BCUT2D eigenvalue weighted by molar-refractivity contribution is 0.187. The zero-order valence-electron chi connectivity index (χ0n) is 12.0. The lowest BCUT2D eigenvalue weighted by Gasteiger charge is -2.33. The Morgan fingerprint density at radius 1 is 1.45 bits per heavy atom. The van der Waals surface area contributed by atoms with Crippen LogP contribution in [0.25, 0.3) is 10.9 Å². The van der Waals surface area contributed by atoms with Crippen molar-refractivity contribution in [3.63, 3.8) is 0 Å². The maximum absolute atomic E-state index is 12.4. The summed E-state index contributed by atoms with van der Waals surface area (Å²) < 4.78 is 0. The molecule has 0 bridgehead atoms. The first kappa shape index (κ1) is 13.3. The molecule has 1 atom stereocenters. The number of para-hydroxylation sites is 1. The quantitative estimate of drug-likeness (QED) is 0.724. The second-order valence-electron chi connectivity index (χ2n) is 5.36.